The second-order valence-corrected chi connectivity index (χ2v) is 6.76. The van der Waals surface area contributed by atoms with Crippen molar-refractivity contribution in [2.45, 2.75) is 20.3 Å². The van der Waals surface area contributed by atoms with Crippen LogP contribution in [0.4, 0.5) is 11.6 Å². The van der Waals surface area contributed by atoms with Gasteiger partial charge in [0.15, 0.2) is 0 Å². The van der Waals surface area contributed by atoms with Gasteiger partial charge in [0.25, 0.3) is 0 Å². The van der Waals surface area contributed by atoms with Crippen LogP contribution in [-0.2, 0) is 9.59 Å². The summed E-state index contributed by atoms with van der Waals surface area (Å²) in [5, 5.41) is 0. The minimum atomic E-state index is -0.0898. The second kappa shape index (κ2) is 9.86. The number of hydrogen-bond donors (Lipinski definition) is 0. The van der Waals surface area contributed by atoms with Crippen molar-refractivity contribution in [1.29, 1.82) is 0 Å². The Morgan fingerprint density at radius 2 is 1.72 bits per heavy atom. The predicted molar refractivity (Wildman–Crippen MR) is 111 cm³/mol. The summed E-state index contributed by atoms with van der Waals surface area (Å²) in [5.74, 6) is 1.41. The molecule has 154 valence electrons. The minimum absolute atomic E-state index is 0.0517. The molecule has 0 saturated carbocycles. The molecule has 29 heavy (non-hydrogen) atoms. The Morgan fingerprint density at radius 3 is 2.31 bits per heavy atom. The maximum Gasteiger partial charge on any atom is 0.225 e. The van der Waals surface area contributed by atoms with E-state index in [0.717, 1.165) is 11.4 Å². The fraction of sp³-hybridized carbons (Fsp3) is 0.429. The summed E-state index contributed by atoms with van der Waals surface area (Å²) < 4.78 is 5.44. The summed E-state index contributed by atoms with van der Waals surface area (Å²) >= 11 is 0. The maximum atomic E-state index is 12.7. The van der Waals surface area contributed by atoms with Crippen molar-refractivity contribution in [3.8, 4) is 5.75 Å². The Morgan fingerprint density at radius 1 is 1.07 bits per heavy atom. The molecule has 8 heteroatoms. The van der Waals surface area contributed by atoms with Gasteiger partial charge < -0.3 is 19.4 Å². The Hall–Kier alpha value is -3.16. The molecule has 0 unspecified atom stereocenters. The lowest BCUT2D eigenvalue weighted by Gasteiger charge is -2.35. The number of anilines is 2. The number of ether oxygens (including phenoxy) is 1. The zero-order chi connectivity index (χ0) is 20.6. The van der Waals surface area contributed by atoms with E-state index in [0.29, 0.717) is 45.3 Å². The molecule has 0 N–H and O–H groups in total. The number of benzene rings is 1. The third kappa shape index (κ3) is 5.43. The first-order chi connectivity index (χ1) is 14.1. The van der Waals surface area contributed by atoms with E-state index in [-0.39, 0.29) is 18.2 Å². The molecule has 1 aliphatic heterocycles. The molecule has 0 radical (unpaired) electrons. The first-order valence-corrected chi connectivity index (χ1v) is 9.89. The van der Waals surface area contributed by atoms with Gasteiger partial charge in [-0.3, -0.25) is 9.59 Å². The van der Waals surface area contributed by atoms with Crippen LogP contribution in [0.15, 0.2) is 42.7 Å². The van der Waals surface area contributed by atoms with Crippen LogP contribution >= 0.6 is 0 Å². The minimum Gasteiger partial charge on any atom is -0.494 e. The van der Waals surface area contributed by atoms with Crippen LogP contribution < -0.4 is 14.5 Å². The maximum absolute atomic E-state index is 12.7. The molecule has 0 aliphatic carbocycles. The molecule has 1 aliphatic rings. The van der Waals surface area contributed by atoms with Crippen molar-refractivity contribution in [2.24, 2.45) is 0 Å². The number of piperazine rings is 1. The molecule has 3 rings (SSSR count). The van der Waals surface area contributed by atoms with Crippen molar-refractivity contribution in [3.63, 3.8) is 0 Å². The van der Waals surface area contributed by atoms with E-state index in [1.165, 1.54) is 6.92 Å². The number of hydrogen-bond acceptors (Lipinski definition) is 6. The number of aromatic nitrogens is 2. The molecule has 1 fully saturated rings. The van der Waals surface area contributed by atoms with Crippen LogP contribution in [0.5, 0.6) is 5.75 Å². The van der Waals surface area contributed by atoms with Gasteiger partial charge in [-0.2, -0.15) is 0 Å². The van der Waals surface area contributed by atoms with Gasteiger partial charge in [-0.15, -0.1) is 0 Å². The van der Waals surface area contributed by atoms with Gasteiger partial charge in [0.2, 0.25) is 17.8 Å². The number of rotatable bonds is 7. The molecule has 0 spiro atoms. The van der Waals surface area contributed by atoms with Crippen molar-refractivity contribution < 1.29 is 14.3 Å². The van der Waals surface area contributed by atoms with E-state index in [2.05, 4.69) is 14.9 Å². The molecular formula is C21H27N5O3. The third-order valence-corrected chi connectivity index (χ3v) is 4.86. The monoisotopic (exact) mass is 397 g/mol. The first-order valence-electron chi connectivity index (χ1n) is 9.89. The summed E-state index contributed by atoms with van der Waals surface area (Å²) in [7, 11) is 0. The van der Waals surface area contributed by atoms with Crippen LogP contribution in [0.2, 0.25) is 0 Å². The molecular weight excluding hydrogens is 370 g/mol. The molecule has 8 nitrogen and oxygen atoms in total. The molecule has 0 atom stereocenters. The lowest BCUT2D eigenvalue weighted by atomic mass is 10.2. The van der Waals surface area contributed by atoms with Gasteiger partial charge in [0, 0.05) is 64.1 Å². The average molecular weight is 397 g/mol. The summed E-state index contributed by atoms with van der Waals surface area (Å²) in [4.78, 5) is 38.8. The standard InChI is InChI=1S/C21H27N5O3/c1-3-29-19-7-5-18(6-8-19)26(17(2)27)12-9-20(28)24-13-15-25(16-14-24)21-22-10-4-11-23-21/h4-8,10-11H,3,9,12-16H2,1-2H3. The van der Waals surface area contributed by atoms with Gasteiger partial charge in [-0.25, -0.2) is 9.97 Å². The summed E-state index contributed by atoms with van der Waals surface area (Å²) in [6.07, 6.45) is 3.73. The molecule has 2 amide bonds. The Labute approximate surface area is 171 Å². The second-order valence-electron chi connectivity index (χ2n) is 6.76. The lowest BCUT2D eigenvalue weighted by Crippen LogP contribution is -2.49. The van der Waals surface area contributed by atoms with Crippen LogP contribution in [-0.4, -0.2) is 66.0 Å². The van der Waals surface area contributed by atoms with Gasteiger partial charge >= 0.3 is 0 Å². The van der Waals surface area contributed by atoms with Crippen molar-refractivity contribution >= 4 is 23.5 Å². The van der Waals surface area contributed by atoms with E-state index in [4.69, 9.17) is 4.74 Å². The highest BCUT2D eigenvalue weighted by atomic mass is 16.5. The van der Waals surface area contributed by atoms with Gasteiger partial charge in [0.1, 0.15) is 5.75 Å². The summed E-state index contributed by atoms with van der Waals surface area (Å²) in [5.41, 5.74) is 0.764. The van der Waals surface area contributed by atoms with Crippen molar-refractivity contribution in [3.05, 3.63) is 42.7 Å². The normalized spacial score (nSPS) is 13.9. The van der Waals surface area contributed by atoms with Crippen LogP contribution in [0.25, 0.3) is 0 Å². The number of carbonyl (C=O) groups excluding carboxylic acids is 2. The third-order valence-electron chi connectivity index (χ3n) is 4.86. The molecule has 0 bridgehead atoms. The fourth-order valence-corrected chi connectivity index (χ4v) is 3.33. The highest BCUT2D eigenvalue weighted by Gasteiger charge is 2.23. The quantitative estimate of drug-likeness (QED) is 0.711. The largest absolute Gasteiger partial charge is 0.494 e. The van der Waals surface area contributed by atoms with E-state index >= 15 is 0 Å². The predicted octanol–water partition coefficient (Wildman–Crippen LogP) is 1.97. The van der Waals surface area contributed by atoms with E-state index < -0.39 is 0 Å². The fourth-order valence-electron chi connectivity index (χ4n) is 3.33. The average Bonchev–Trinajstić information content (AvgIpc) is 2.75. The zero-order valence-corrected chi connectivity index (χ0v) is 17.0. The Kier molecular flexibility index (Phi) is 6.99. The highest BCUT2D eigenvalue weighted by Crippen LogP contribution is 2.20. The first kappa shape index (κ1) is 20.6. The van der Waals surface area contributed by atoms with E-state index in [9.17, 15) is 9.59 Å². The smallest absolute Gasteiger partial charge is 0.225 e. The zero-order valence-electron chi connectivity index (χ0n) is 17.0. The topological polar surface area (TPSA) is 78.9 Å². The SMILES string of the molecule is CCOc1ccc(N(CCC(=O)N2CCN(c3ncccn3)CC2)C(C)=O)cc1. The lowest BCUT2D eigenvalue weighted by molar-refractivity contribution is -0.131. The molecule has 1 aromatic heterocycles. The molecule has 2 heterocycles. The van der Waals surface area contributed by atoms with Crippen molar-refractivity contribution in [2.75, 3.05) is 49.1 Å². The van der Waals surface area contributed by atoms with Crippen LogP contribution in [0.1, 0.15) is 20.3 Å². The number of nitrogens with zero attached hydrogens (tertiary/aromatic N) is 5. The van der Waals surface area contributed by atoms with Crippen molar-refractivity contribution in [1.82, 2.24) is 14.9 Å². The van der Waals surface area contributed by atoms with Gasteiger partial charge in [-0.1, -0.05) is 0 Å². The van der Waals surface area contributed by atoms with Gasteiger partial charge in [0.05, 0.1) is 6.61 Å². The number of amides is 2. The molecule has 1 saturated heterocycles. The van der Waals surface area contributed by atoms with Gasteiger partial charge in [-0.05, 0) is 37.3 Å². The summed E-state index contributed by atoms with van der Waals surface area (Å²) in [6.45, 7) is 7.03. The Bertz CT molecular complexity index is 805. The Balaban J connectivity index is 1.52. The number of carbonyl (C=O) groups is 2. The van der Waals surface area contributed by atoms with Crippen LogP contribution in [0, 0.1) is 0 Å². The summed E-state index contributed by atoms with van der Waals surface area (Å²) in [6, 6.07) is 9.14. The molecule has 2 aromatic rings. The molecule has 1 aromatic carbocycles. The van der Waals surface area contributed by atoms with E-state index in [1.54, 1.807) is 23.4 Å². The van der Waals surface area contributed by atoms with Crippen LogP contribution in [0.3, 0.4) is 0 Å². The van der Waals surface area contributed by atoms with E-state index in [1.807, 2.05) is 36.1 Å². The highest BCUT2D eigenvalue weighted by molar-refractivity contribution is 5.92.